The first kappa shape index (κ1) is 26.5. The Labute approximate surface area is 197 Å². The molecule has 10 heteroatoms. The first-order chi connectivity index (χ1) is 13.7. The first-order valence-electron chi connectivity index (χ1n) is 10.2. The lowest BCUT2D eigenvalue weighted by Crippen LogP contribution is -2.55. The summed E-state index contributed by atoms with van der Waals surface area (Å²) in [6.45, 7) is 14.7. The highest BCUT2D eigenvalue weighted by atomic mass is 127. The summed E-state index contributed by atoms with van der Waals surface area (Å²) in [5.41, 5.74) is 0.440. The normalized spacial score (nSPS) is 16.8. The van der Waals surface area contributed by atoms with Crippen molar-refractivity contribution in [3.8, 4) is 0 Å². The standard InChI is InChI=1S/C20H36N6O3.HI/c1-15(2)17(23-19(27)29-20(3,4)5)13-22-18(21-6)26-10-8-25(9-11-26)14-16-7-12-28-24-16;/h7,12,15,17H,8-11,13-14H2,1-6H3,(H,21,22)(H,23,27);1H. The van der Waals surface area contributed by atoms with Crippen LogP contribution in [0.3, 0.4) is 0 Å². The van der Waals surface area contributed by atoms with E-state index in [0.29, 0.717) is 6.54 Å². The minimum absolute atomic E-state index is 0. The Kier molecular flexibility index (Phi) is 10.9. The van der Waals surface area contributed by atoms with Crippen LogP contribution in [-0.2, 0) is 11.3 Å². The number of piperazine rings is 1. The topological polar surface area (TPSA) is 95.2 Å². The molecule has 0 spiro atoms. The Bertz CT molecular complexity index is 652. The number of guanidine groups is 1. The van der Waals surface area contributed by atoms with Gasteiger partial charge in [0.25, 0.3) is 0 Å². The molecule has 2 heterocycles. The van der Waals surface area contributed by atoms with Gasteiger partial charge in [-0.1, -0.05) is 19.0 Å². The molecule has 0 bridgehead atoms. The van der Waals surface area contributed by atoms with Crippen LogP contribution in [0.25, 0.3) is 0 Å². The minimum Gasteiger partial charge on any atom is -0.444 e. The number of aromatic nitrogens is 1. The maximum Gasteiger partial charge on any atom is 0.407 e. The maximum absolute atomic E-state index is 12.1. The number of ether oxygens (including phenoxy) is 1. The average molecular weight is 536 g/mol. The minimum atomic E-state index is -0.513. The number of carbonyl (C=O) groups is 1. The molecule has 30 heavy (non-hydrogen) atoms. The highest BCUT2D eigenvalue weighted by Crippen LogP contribution is 2.10. The van der Waals surface area contributed by atoms with Gasteiger partial charge in [0.1, 0.15) is 11.9 Å². The van der Waals surface area contributed by atoms with E-state index in [1.165, 1.54) is 0 Å². The monoisotopic (exact) mass is 536 g/mol. The molecule has 2 N–H and O–H groups in total. The van der Waals surface area contributed by atoms with Gasteiger partial charge in [0.2, 0.25) is 0 Å². The van der Waals surface area contributed by atoms with Crippen molar-refractivity contribution in [1.29, 1.82) is 0 Å². The van der Waals surface area contributed by atoms with Crippen LogP contribution in [0.2, 0.25) is 0 Å². The molecule has 0 saturated carbocycles. The van der Waals surface area contributed by atoms with Gasteiger partial charge in [-0.3, -0.25) is 9.89 Å². The van der Waals surface area contributed by atoms with E-state index >= 15 is 0 Å². The summed E-state index contributed by atoms with van der Waals surface area (Å²) in [5, 5.41) is 10.4. The van der Waals surface area contributed by atoms with Crippen LogP contribution in [0, 0.1) is 5.92 Å². The SMILES string of the molecule is CN=C(NCC(NC(=O)OC(C)(C)C)C(C)C)N1CCN(Cc2ccon2)CC1.I. The summed E-state index contributed by atoms with van der Waals surface area (Å²) in [5.74, 6) is 1.11. The Morgan fingerprint density at radius 3 is 2.47 bits per heavy atom. The van der Waals surface area contributed by atoms with Crippen molar-refractivity contribution < 1.29 is 14.1 Å². The summed E-state index contributed by atoms with van der Waals surface area (Å²) >= 11 is 0. The predicted octanol–water partition coefficient (Wildman–Crippen LogP) is 2.53. The zero-order valence-corrected chi connectivity index (χ0v) is 21.3. The second-order valence-electron chi connectivity index (χ2n) is 8.68. The van der Waals surface area contributed by atoms with Crippen molar-refractivity contribution in [1.82, 2.24) is 25.6 Å². The lowest BCUT2D eigenvalue weighted by Gasteiger charge is -2.36. The first-order valence-corrected chi connectivity index (χ1v) is 10.2. The zero-order valence-electron chi connectivity index (χ0n) is 19.0. The van der Waals surface area contributed by atoms with Crippen LogP contribution in [0.4, 0.5) is 4.79 Å². The number of hydrogen-bond acceptors (Lipinski definition) is 6. The summed E-state index contributed by atoms with van der Waals surface area (Å²) in [4.78, 5) is 21.2. The molecule has 1 atom stereocenters. The number of amides is 1. The number of aliphatic imine (C=N–C) groups is 1. The molecule has 172 valence electrons. The molecule has 1 aliphatic rings. The van der Waals surface area contributed by atoms with Crippen LogP contribution < -0.4 is 10.6 Å². The summed E-state index contributed by atoms with van der Waals surface area (Å²) in [6, 6.07) is 1.84. The number of nitrogens with zero attached hydrogens (tertiary/aromatic N) is 4. The number of hydrogen-bond donors (Lipinski definition) is 2. The molecule has 1 fully saturated rings. The number of alkyl carbamates (subject to hydrolysis) is 1. The molecule has 0 radical (unpaired) electrons. The highest BCUT2D eigenvalue weighted by molar-refractivity contribution is 14.0. The lowest BCUT2D eigenvalue weighted by atomic mass is 10.0. The third-order valence-electron chi connectivity index (χ3n) is 4.75. The molecule has 1 saturated heterocycles. The van der Waals surface area contributed by atoms with E-state index in [1.807, 2.05) is 26.8 Å². The molecule has 9 nitrogen and oxygen atoms in total. The number of rotatable bonds is 6. The van der Waals surface area contributed by atoms with Crippen LogP contribution in [0.1, 0.15) is 40.3 Å². The summed E-state index contributed by atoms with van der Waals surface area (Å²) in [7, 11) is 1.79. The molecule has 1 amide bonds. The van der Waals surface area contributed by atoms with Crippen molar-refractivity contribution >= 4 is 36.0 Å². The van der Waals surface area contributed by atoms with Crippen LogP contribution in [0.15, 0.2) is 21.8 Å². The fraction of sp³-hybridized carbons (Fsp3) is 0.750. The molecular formula is C20H37IN6O3. The van der Waals surface area contributed by atoms with Gasteiger partial charge in [-0.2, -0.15) is 0 Å². The number of halogens is 1. The molecule has 0 aliphatic carbocycles. The third kappa shape index (κ3) is 9.07. The van der Waals surface area contributed by atoms with Crippen LogP contribution in [0.5, 0.6) is 0 Å². The van der Waals surface area contributed by atoms with Gasteiger partial charge in [-0.15, -0.1) is 24.0 Å². The number of carbonyl (C=O) groups excluding carboxylic acids is 1. The summed E-state index contributed by atoms with van der Waals surface area (Å²) in [6.07, 6.45) is 1.21. The molecule has 0 aromatic carbocycles. The molecule has 1 aromatic rings. The van der Waals surface area contributed by atoms with Crippen LogP contribution >= 0.6 is 24.0 Å². The third-order valence-corrected chi connectivity index (χ3v) is 4.75. The van der Waals surface area contributed by atoms with Gasteiger partial charge < -0.3 is 24.8 Å². The van der Waals surface area contributed by atoms with Crippen molar-refractivity contribution in [2.24, 2.45) is 10.9 Å². The van der Waals surface area contributed by atoms with Crippen molar-refractivity contribution in [2.45, 2.75) is 52.8 Å². The van der Waals surface area contributed by atoms with Crippen molar-refractivity contribution in [3.63, 3.8) is 0 Å². The second kappa shape index (κ2) is 12.3. The lowest BCUT2D eigenvalue weighted by molar-refractivity contribution is 0.0491. The quantitative estimate of drug-likeness (QED) is 0.328. The van der Waals surface area contributed by atoms with Crippen molar-refractivity contribution in [2.75, 3.05) is 39.8 Å². The predicted molar refractivity (Wildman–Crippen MR) is 128 cm³/mol. The molecule has 1 aliphatic heterocycles. The van der Waals surface area contributed by atoms with Gasteiger partial charge in [-0.25, -0.2) is 4.79 Å². The van der Waals surface area contributed by atoms with Gasteiger partial charge in [0, 0.05) is 52.4 Å². The Morgan fingerprint density at radius 1 is 1.30 bits per heavy atom. The fourth-order valence-electron chi connectivity index (χ4n) is 3.11. The van der Waals surface area contributed by atoms with E-state index in [1.54, 1.807) is 13.3 Å². The average Bonchev–Trinajstić information content (AvgIpc) is 3.13. The number of nitrogens with one attached hydrogen (secondary N) is 2. The van der Waals surface area contributed by atoms with Crippen molar-refractivity contribution in [3.05, 3.63) is 18.0 Å². The van der Waals surface area contributed by atoms with E-state index in [-0.39, 0.29) is 35.9 Å². The molecule has 2 rings (SSSR count). The van der Waals surface area contributed by atoms with E-state index in [0.717, 1.165) is 44.4 Å². The largest absolute Gasteiger partial charge is 0.444 e. The Morgan fingerprint density at radius 2 is 1.97 bits per heavy atom. The van der Waals surface area contributed by atoms with Gasteiger partial charge >= 0.3 is 6.09 Å². The van der Waals surface area contributed by atoms with E-state index < -0.39 is 11.7 Å². The Balaban J connectivity index is 0.00000450. The van der Waals surface area contributed by atoms with Gasteiger partial charge in [0.05, 0.1) is 11.7 Å². The van der Waals surface area contributed by atoms with Gasteiger partial charge in [0.15, 0.2) is 5.96 Å². The van der Waals surface area contributed by atoms with E-state index in [2.05, 4.69) is 44.4 Å². The van der Waals surface area contributed by atoms with E-state index in [4.69, 9.17) is 9.26 Å². The molecule has 1 aromatic heterocycles. The maximum atomic E-state index is 12.1. The Hall–Kier alpha value is -1.56. The molecule has 1 unspecified atom stereocenters. The fourth-order valence-corrected chi connectivity index (χ4v) is 3.11. The smallest absolute Gasteiger partial charge is 0.407 e. The summed E-state index contributed by atoms with van der Waals surface area (Å²) < 4.78 is 10.3. The van der Waals surface area contributed by atoms with Gasteiger partial charge in [-0.05, 0) is 26.7 Å². The zero-order chi connectivity index (χ0) is 21.4. The van der Waals surface area contributed by atoms with Crippen LogP contribution in [-0.4, -0.2) is 78.4 Å². The highest BCUT2D eigenvalue weighted by Gasteiger charge is 2.24. The molecular weight excluding hydrogens is 499 g/mol. The second-order valence-corrected chi connectivity index (χ2v) is 8.68. The van der Waals surface area contributed by atoms with E-state index in [9.17, 15) is 4.79 Å².